The highest BCUT2D eigenvalue weighted by Gasteiger charge is 2.50. The van der Waals surface area contributed by atoms with Crippen LogP contribution in [0.2, 0.25) is 0 Å². The van der Waals surface area contributed by atoms with Crippen molar-refractivity contribution in [3.8, 4) is 0 Å². The lowest BCUT2D eigenvalue weighted by molar-refractivity contribution is -0.129. The molecule has 1 aromatic carbocycles. The number of sulfone groups is 1. The van der Waals surface area contributed by atoms with E-state index in [0.717, 1.165) is 41.3 Å². The maximum atomic E-state index is 13.0. The highest BCUT2D eigenvalue weighted by molar-refractivity contribution is 7.92. The van der Waals surface area contributed by atoms with Crippen molar-refractivity contribution in [1.82, 2.24) is 19.9 Å². The van der Waals surface area contributed by atoms with Crippen LogP contribution in [0.5, 0.6) is 0 Å². The largest absolute Gasteiger partial charge is 0.390 e. The first kappa shape index (κ1) is 33.1. The monoisotopic (exact) mass is 661 g/mol. The fourth-order valence-corrected chi connectivity index (χ4v) is 8.21. The van der Waals surface area contributed by atoms with Crippen LogP contribution in [-0.2, 0) is 14.6 Å². The summed E-state index contributed by atoms with van der Waals surface area (Å²) in [5.74, 6) is 1.74. The number of carbonyl (C=O) groups is 1. The Balaban J connectivity index is 1.36. The topological polar surface area (TPSA) is 132 Å². The standard InChI is InChI=1S/C35H47N7O4S/c1-7-32(43)41-17-9-8-10-28(41)24-11-12-29(42-22-27(23(42)2)34(3,4)47(6,45)46)26-21-37-31(20-25(24)26)38-30-13-16-36-33(39-30)40-18-14-35(5,44)15-19-40/h7,11-13,16,20-21,23,27-28,44H,1,8-10,14-15,17-19,22H2,2-6H3,(H,36,37,38,39)/t23-,27+,28+/m1/s1. The van der Waals surface area contributed by atoms with Crippen molar-refractivity contribution in [2.75, 3.05) is 47.6 Å². The highest BCUT2D eigenvalue weighted by Crippen LogP contribution is 2.45. The van der Waals surface area contributed by atoms with Crippen LogP contribution in [0.3, 0.4) is 0 Å². The molecule has 3 aliphatic heterocycles. The minimum atomic E-state index is -3.25. The average molecular weight is 662 g/mol. The van der Waals surface area contributed by atoms with Gasteiger partial charge in [-0.1, -0.05) is 12.6 Å². The third kappa shape index (κ3) is 6.29. The van der Waals surface area contributed by atoms with E-state index in [1.807, 2.05) is 44.0 Å². The van der Waals surface area contributed by atoms with Gasteiger partial charge < -0.3 is 25.1 Å². The molecular weight excluding hydrogens is 614 g/mol. The summed E-state index contributed by atoms with van der Waals surface area (Å²) in [5, 5.41) is 15.7. The fraction of sp³-hybridized carbons (Fsp3) is 0.543. The van der Waals surface area contributed by atoms with Gasteiger partial charge in [0.2, 0.25) is 11.9 Å². The van der Waals surface area contributed by atoms with Gasteiger partial charge in [0.1, 0.15) is 11.6 Å². The van der Waals surface area contributed by atoms with Crippen LogP contribution in [0.25, 0.3) is 10.8 Å². The van der Waals surface area contributed by atoms with E-state index in [1.54, 1.807) is 6.20 Å². The Morgan fingerprint density at radius 3 is 2.53 bits per heavy atom. The fourth-order valence-electron chi connectivity index (χ4n) is 7.39. The first-order valence-corrected chi connectivity index (χ1v) is 18.5. The van der Waals surface area contributed by atoms with Crippen molar-refractivity contribution >= 4 is 49.8 Å². The molecule has 3 saturated heterocycles. The van der Waals surface area contributed by atoms with Crippen LogP contribution in [-0.4, -0.2) is 88.1 Å². The van der Waals surface area contributed by atoms with Gasteiger partial charge in [0.15, 0.2) is 9.84 Å². The van der Waals surface area contributed by atoms with E-state index in [2.05, 4.69) is 45.7 Å². The molecule has 252 valence electrons. The number of likely N-dealkylation sites (tertiary alicyclic amines) is 1. The molecule has 0 unspecified atom stereocenters. The predicted octanol–water partition coefficient (Wildman–Crippen LogP) is 5.01. The molecule has 2 aromatic heterocycles. The van der Waals surface area contributed by atoms with Crippen molar-refractivity contribution in [1.29, 1.82) is 0 Å². The first-order valence-electron chi connectivity index (χ1n) is 16.6. The van der Waals surface area contributed by atoms with Gasteiger partial charge in [-0.05, 0) is 95.0 Å². The minimum Gasteiger partial charge on any atom is -0.390 e. The molecule has 0 saturated carbocycles. The summed E-state index contributed by atoms with van der Waals surface area (Å²) in [4.78, 5) is 33.3. The maximum Gasteiger partial charge on any atom is 0.246 e. The van der Waals surface area contributed by atoms with Crippen LogP contribution in [0, 0.1) is 5.92 Å². The molecule has 6 rings (SSSR count). The second kappa shape index (κ2) is 12.4. The lowest BCUT2D eigenvalue weighted by atomic mass is 9.79. The van der Waals surface area contributed by atoms with Crippen LogP contribution in [0.15, 0.2) is 49.3 Å². The number of aromatic nitrogens is 3. The lowest BCUT2D eigenvalue weighted by Crippen LogP contribution is -2.64. The third-order valence-corrected chi connectivity index (χ3v) is 13.1. The summed E-state index contributed by atoms with van der Waals surface area (Å²) in [6.07, 6.45) is 10.4. The molecule has 0 spiro atoms. The van der Waals surface area contributed by atoms with Gasteiger partial charge in [-0.3, -0.25) is 4.79 Å². The van der Waals surface area contributed by atoms with Crippen molar-refractivity contribution in [3.63, 3.8) is 0 Å². The minimum absolute atomic E-state index is 0.0121. The number of nitrogens with one attached hydrogen (secondary N) is 1. The Labute approximate surface area is 278 Å². The van der Waals surface area contributed by atoms with Crippen molar-refractivity contribution in [2.24, 2.45) is 5.92 Å². The number of hydrogen-bond acceptors (Lipinski definition) is 10. The molecule has 12 heteroatoms. The smallest absolute Gasteiger partial charge is 0.246 e. The number of pyridine rings is 1. The maximum absolute atomic E-state index is 13.0. The Bertz CT molecular complexity index is 1780. The molecule has 2 N–H and O–H groups in total. The molecule has 3 aromatic rings. The van der Waals surface area contributed by atoms with Crippen LogP contribution < -0.4 is 15.1 Å². The van der Waals surface area contributed by atoms with E-state index in [-0.39, 0.29) is 23.9 Å². The summed E-state index contributed by atoms with van der Waals surface area (Å²) < 4.78 is 24.4. The van der Waals surface area contributed by atoms with Crippen molar-refractivity contribution < 1.29 is 18.3 Å². The van der Waals surface area contributed by atoms with E-state index in [1.165, 1.54) is 12.3 Å². The number of hydrogen-bond donors (Lipinski definition) is 2. The van der Waals surface area contributed by atoms with E-state index in [0.29, 0.717) is 56.6 Å². The number of carbonyl (C=O) groups excluding carboxylic acids is 1. The number of amides is 1. The van der Waals surface area contributed by atoms with Crippen molar-refractivity contribution in [2.45, 2.75) is 82.2 Å². The normalized spacial score (nSPS) is 23.4. The number of rotatable bonds is 8. The zero-order valence-corrected chi connectivity index (χ0v) is 28.9. The molecule has 11 nitrogen and oxygen atoms in total. The Morgan fingerprint density at radius 1 is 1.11 bits per heavy atom. The van der Waals surface area contributed by atoms with Gasteiger partial charge >= 0.3 is 0 Å². The Hall–Kier alpha value is -3.77. The number of fused-ring (bicyclic) bond motifs is 1. The van der Waals surface area contributed by atoms with Gasteiger partial charge in [0.25, 0.3) is 0 Å². The molecule has 3 atom stereocenters. The van der Waals surface area contributed by atoms with Crippen LogP contribution >= 0.6 is 0 Å². The first-order chi connectivity index (χ1) is 22.2. The van der Waals surface area contributed by atoms with E-state index in [4.69, 9.17) is 9.97 Å². The molecule has 0 radical (unpaired) electrons. The Kier molecular flexibility index (Phi) is 8.71. The second-order valence-corrected chi connectivity index (χ2v) is 16.9. The van der Waals surface area contributed by atoms with Gasteiger partial charge in [-0.15, -0.1) is 0 Å². The number of anilines is 4. The van der Waals surface area contributed by atoms with E-state index < -0.39 is 20.2 Å². The van der Waals surface area contributed by atoms with E-state index in [9.17, 15) is 18.3 Å². The summed E-state index contributed by atoms with van der Waals surface area (Å²) in [6, 6.07) is 7.97. The average Bonchev–Trinajstić information content (AvgIpc) is 3.03. The summed E-state index contributed by atoms with van der Waals surface area (Å²) in [7, 11) is -3.25. The lowest BCUT2D eigenvalue weighted by Gasteiger charge is -2.54. The number of nitrogens with zero attached hydrogens (tertiary/aromatic N) is 6. The Morgan fingerprint density at radius 2 is 1.85 bits per heavy atom. The molecule has 3 aliphatic rings. The second-order valence-electron chi connectivity index (χ2n) is 14.3. The molecular formula is C35H47N7O4S. The van der Waals surface area contributed by atoms with Crippen molar-refractivity contribution in [3.05, 3.63) is 54.9 Å². The molecule has 47 heavy (non-hydrogen) atoms. The summed E-state index contributed by atoms with van der Waals surface area (Å²) in [5.41, 5.74) is 1.38. The quantitative estimate of drug-likeness (QED) is 0.318. The number of piperidine rings is 2. The van der Waals surface area contributed by atoms with Gasteiger partial charge in [0, 0.05) is 67.9 Å². The van der Waals surface area contributed by atoms with Gasteiger partial charge in [0.05, 0.1) is 16.4 Å². The van der Waals surface area contributed by atoms with Crippen LogP contribution in [0.1, 0.15) is 71.4 Å². The van der Waals surface area contributed by atoms with Gasteiger partial charge in [-0.2, -0.15) is 4.98 Å². The zero-order chi connectivity index (χ0) is 33.7. The molecule has 1 amide bonds. The molecule has 0 aliphatic carbocycles. The third-order valence-electron chi connectivity index (χ3n) is 10.9. The SMILES string of the molecule is C=CC(=O)N1CCCC[C@H]1c1ccc(N2C[C@H](C(C)(C)S(C)(=O)=O)[C@H]2C)c2cnc(Nc3ccnc(N4CCC(C)(O)CC4)n3)cc12. The highest BCUT2D eigenvalue weighted by atomic mass is 32.2. The van der Waals surface area contributed by atoms with Gasteiger partial charge in [-0.25, -0.2) is 18.4 Å². The van der Waals surface area contributed by atoms with E-state index >= 15 is 0 Å². The summed E-state index contributed by atoms with van der Waals surface area (Å²) in [6.45, 7) is 14.0. The predicted molar refractivity (Wildman–Crippen MR) is 187 cm³/mol. The number of benzene rings is 1. The summed E-state index contributed by atoms with van der Waals surface area (Å²) >= 11 is 0. The van der Waals surface area contributed by atoms with Crippen LogP contribution in [0.4, 0.5) is 23.3 Å². The molecule has 5 heterocycles. The molecule has 3 fully saturated rings. The zero-order valence-electron chi connectivity index (χ0n) is 28.1. The number of aliphatic hydroxyl groups is 1. The molecule has 0 bridgehead atoms.